The minimum atomic E-state index is -1.30. The van der Waals surface area contributed by atoms with Gasteiger partial charge in [-0.3, -0.25) is 14.4 Å². The Morgan fingerprint density at radius 3 is 2.35 bits per heavy atom. The van der Waals surface area contributed by atoms with Gasteiger partial charge in [-0.15, -0.1) is 0 Å². The molecular formula is C25H21ClF2N2O4. The number of hydrogen-bond donors (Lipinski definition) is 2. The highest BCUT2D eigenvalue weighted by molar-refractivity contribution is 6.33. The van der Waals surface area contributed by atoms with Gasteiger partial charge >= 0.3 is 5.97 Å². The van der Waals surface area contributed by atoms with Crippen molar-refractivity contribution in [3.8, 4) is 0 Å². The molecule has 2 atom stereocenters. The van der Waals surface area contributed by atoms with Crippen LogP contribution < -0.4 is 10.6 Å². The smallest absolute Gasteiger partial charge is 0.309 e. The Balaban J connectivity index is 1.68. The average Bonchev–Trinajstić information content (AvgIpc) is 2.81. The Labute approximate surface area is 199 Å². The summed E-state index contributed by atoms with van der Waals surface area (Å²) in [6.07, 6.45) is -1.59. The zero-order chi connectivity index (χ0) is 24.7. The maximum Gasteiger partial charge on any atom is 0.309 e. The highest BCUT2D eigenvalue weighted by atomic mass is 35.5. The lowest BCUT2D eigenvalue weighted by molar-refractivity contribution is -0.153. The van der Waals surface area contributed by atoms with E-state index in [4.69, 9.17) is 16.3 Å². The van der Waals surface area contributed by atoms with E-state index in [0.29, 0.717) is 5.56 Å². The van der Waals surface area contributed by atoms with E-state index in [-0.39, 0.29) is 22.7 Å². The summed E-state index contributed by atoms with van der Waals surface area (Å²) in [5, 5.41) is 5.20. The van der Waals surface area contributed by atoms with Crippen molar-refractivity contribution in [2.24, 2.45) is 0 Å². The van der Waals surface area contributed by atoms with Crippen LogP contribution in [0, 0.1) is 11.6 Å². The van der Waals surface area contributed by atoms with Crippen LogP contribution in [0.3, 0.4) is 0 Å². The van der Waals surface area contributed by atoms with E-state index in [1.807, 2.05) is 0 Å². The van der Waals surface area contributed by atoms with E-state index in [1.165, 1.54) is 6.92 Å². The summed E-state index contributed by atoms with van der Waals surface area (Å²) in [5.41, 5.74) is 0.504. The normalized spacial score (nSPS) is 12.4. The maximum absolute atomic E-state index is 13.8. The van der Waals surface area contributed by atoms with Crippen LogP contribution in [-0.4, -0.2) is 23.9 Å². The molecule has 6 nitrogen and oxygen atoms in total. The molecule has 0 aliphatic carbocycles. The fourth-order valence-corrected chi connectivity index (χ4v) is 3.33. The Hall–Kier alpha value is -3.78. The molecule has 0 aliphatic rings. The fraction of sp³-hybridized carbons (Fsp3) is 0.160. The number of rotatable bonds is 8. The van der Waals surface area contributed by atoms with Gasteiger partial charge in [0, 0.05) is 6.07 Å². The van der Waals surface area contributed by atoms with Crippen LogP contribution in [-0.2, 0) is 14.3 Å². The zero-order valence-electron chi connectivity index (χ0n) is 18.1. The Morgan fingerprint density at radius 1 is 0.971 bits per heavy atom. The number of carbonyl (C=O) groups excluding carboxylic acids is 3. The molecule has 3 aromatic rings. The summed E-state index contributed by atoms with van der Waals surface area (Å²) in [6.45, 7) is 1.30. The molecule has 0 saturated carbocycles. The molecule has 0 aromatic heterocycles. The molecule has 3 rings (SSSR count). The van der Waals surface area contributed by atoms with Crippen LogP contribution in [0.25, 0.3) is 0 Å². The molecule has 2 unspecified atom stereocenters. The van der Waals surface area contributed by atoms with Crippen molar-refractivity contribution in [2.75, 3.05) is 5.32 Å². The van der Waals surface area contributed by atoms with Crippen molar-refractivity contribution < 1.29 is 27.9 Å². The number of ether oxygens (including phenoxy) is 1. The predicted molar refractivity (Wildman–Crippen MR) is 123 cm³/mol. The minimum Gasteiger partial charge on any atom is -0.452 e. The van der Waals surface area contributed by atoms with Gasteiger partial charge < -0.3 is 15.4 Å². The van der Waals surface area contributed by atoms with Gasteiger partial charge in [-0.1, -0.05) is 54.1 Å². The van der Waals surface area contributed by atoms with E-state index in [1.54, 1.807) is 54.6 Å². The van der Waals surface area contributed by atoms with E-state index in [0.717, 1.165) is 18.2 Å². The number of halogens is 3. The molecule has 0 heterocycles. The number of esters is 1. The van der Waals surface area contributed by atoms with Crippen molar-refractivity contribution in [1.82, 2.24) is 5.32 Å². The summed E-state index contributed by atoms with van der Waals surface area (Å²) in [6, 6.07) is 17.0. The average molecular weight is 487 g/mol. The second-order valence-corrected chi connectivity index (χ2v) is 7.77. The second kappa shape index (κ2) is 11.4. The molecule has 176 valence electrons. The summed E-state index contributed by atoms with van der Waals surface area (Å²) in [7, 11) is 0. The molecule has 2 amide bonds. The van der Waals surface area contributed by atoms with Crippen molar-refractivity contribution >= 4 is 35.1 Å². The van der Waals surface area contributed by atoms with Crippen molar-refractivity contribution in [3.05, 3.63) is 101 Å². The molecule has 34 heavy (non-hydrogen) atoms. The van der Waals surface area contributed by atoms with E-state index >= 15 is 0 Å². The number of benzene rings is 3. The van der Waals surface area contributed by atoms with E-state index in [9.17, 15) is 23.2 Å². The number of nitrogens with one attached hydrogen (secondary N) is 2. The molecule has 9 heteroatoms. The van der Waals surface area contributed by atoms with Gasteiger partial charge in [-0.25, -0.2) is 8.78 Å². The first-order valence-corrected chi connectivity index (χ1v) is 10.7. The Kier molecular flexibility index (Phi) is 8.32. The summed E-state index contributed by atoms with van der Waals surface area (Å²) in [5.74, 6) is -3.68. The molecule has 0 radical (unpaired) electrons. The fourth-order valence-electron chi connectivity index (χ4n) is 3.11. The van der Waals surface area contributed by atoms with Gasteiger partial charge in [0.2, 0.25) is 0 Å². The largest absolute Gasteiger partial charge is 0.452 e. The van der Waals surface area contributed by atoms with Crippen molar-refractivity contribution in [3.63, 3.8) is 0 Å². The summed E-state index contributed by atoms with van der Waals surface area (Å²) in [4.78, 5) is 37.6. The highest BCUT2D eigenvalue weighted by Gasteiger charge is 2.24. The molecule has 0 bridgehead atoms. The monoisotopic (exact) mass is 486 g/mol. The first-order chi connectivity index (χ1) is 16.2. The van der Waals surface area contributed by atoms with Crippen LogP contribution >= 0.6 is 11.6 Å². The van der Waals surface area contributed by atoms with Crippen LogP contribution in [0.5, 0.6) is 0 Å². The quantitative estimate of drug-likeness (QED) is 0.436. The van der Waals surface area contributed by atoms with Crippen LogP contribution in [0.4, 0.5) is 14.5 Å². The van der Waals surface area contributed by atoms with Crippen LogP contribution in [0.2, 0.25) is 5.02 Å². The van der Waals surface area contributed by atoms with Gasteiger partial charge in [-0.2, -0.15) is 0 Å². The third-order valence-electron chi connectivity index (χ3n) is 4.86. The number of carbonyl (C=O) groups is 3. The molecule has 0 aliphatic heterocycles. The standard InChI is InChI=1S/C25H21ClF2N2O4/c1-15(24(32)30-22-13-17(27)11-12-20(22)28)34-23(31)14-21(16-7-3-2-4-8-16)29-25(33)18-9-5-6-10-19(18)26/h2-13,15,21H,14H2,1H3,(H,29,33)(H,30,32). The van der Waals surface area contributed by atoms with Gasteiger partial charge in [0.05, 0.1) is 28.7 Å². The molecule has 0 fully saturated rings. The van der Waals surface area contributed by atoms with Crippen LogP contribution in [0.1, 0.15) is 35.3 Å². The van der Waals surface area contributed by atoms with Gasteiger partial charge in [0.1, 0.15) is 11.6 Å². The number of anilines is 1. The lowest BCUT2D eigenvalue weighted by Gasteiger charge is -2.20. The van der Waals surface area contributed by atoms with Crippen molar-refractivity contribution in [2.45, 2.75) is 25.5 Å². The third kappa shape index (κ3) is 6.62. The van der Waals surface area contributed by atoms with Crippen molar-refractivity contribution in [1.29, 1.82) is 0 Å². The zero-order valence-corrected chi connectivity index (χ0v) is 18.8. The van der Waals surface area contributed by atoms with Gasteiger partial charge in [0.15, 0.2) is 6.10 Å². The van der Waals surface area contributed by atoms with E-state index in [2.05, 4.69) is 10.6 Å². The maximum atomic E-state index is 13.8. The van der Waals surface area contributed by atoms with Gasteiger partial charge in [0.25, 0.3) is 11.8 Å². The summed E-state index contributed by atoms with van der Waals surface area (Å²) >= 11 is 6.10. The Morgan fingerprint density at radius 2 is 1.65 bits per heavy atom. The second-order valence-electron chi connectivity index (χ2n) is 7.37. The number of amides is 2. The third-order valence-corrected chi connectivity index (χ3v) is 5.19. The number of hydrogen-bond acceptors (Lipinski definition) is 4. The topological polar surface area (TPSA) is 84.5 Å². The van der Waals surface area contributed by atoms with Gasteiger partial charge in [-0.05, 0) is 36.8 Å². The van der Waals surface area contributed by atoms with E-state index < -0.39 is 41.6 Å². The lowest BCUT2D eigenvalue weighted by atomic mass is 10.0. The molecular weight excluding hydrogens is 466 g/mol. The molecule has 2 N–H and O–H groups in total. The highest BCUT2D eigenvalue weighted by Crippen LogP contribution is 2.21. The lowest BCUT2D eigenvalue weighted by Crippen LogP contribution is -2.34. The minimum absolute atomic E-state index is 0.239. The molecule has 0 spiro atoms. The molecule has 0 saturated heterocycles. The first-order valence-electron chi connectivity index (χ1n) is 10.3. The first kappa shape index (κ1) is 24.9. The van der Waals surface area contributed by atoms with Crippen LogP contribution in [0.15, 0.2) is 72.8 Å². The SMILES string of the molecule is CC(OC(=O)CC(NC(=O)c1ccccc1Cl)c1ccccc1)C(=O)Nc1cc(F)ccc1F. The molecule has 3 aromatic carbocycles. The summed E-state index contributed by atoms with van der Waals surface area (Å²) < 4.78 is 32.3. The Bertz CT molecular complexity index is 1190. The predicted octanol–water partition coefficient (Wildman–Crippen LogP) is 5.05.